The minimum atomic E-state index is -0.401. The van der Waals surface area contributed by atoms with Crippen LogP contribution in [0.3, 0.4) is 0 Å². The standard InChI is InChI=1S/C21H20FN.C8H10OS.C2H5NO/c1-3-19-12-15(2)23-21-11-10-17(13-20(19)21)7-4-16-5-8-18(14-22)9-6-16;1-10-6-7-2-4-8(9)5-3-7;1-3-2-4/h3,5-6,8-13H,1,4,7,14H2,2H3;2-5,9H,6H2,1H3;2H,1H3,(H,3,4). The fraction of sp³-hybridized carbons (Fsp3) is 0.226. The molecule has 0 saturated carbocycles. The molecule has 0 spiro atoms. The highest BCUT2D eigenvalue weighted by Crippen LogP contribution is 2.22. The summed E-state index contributed by atoms with van der Waals surface area (Å²) in [7, 11) is 1.56. The van der Waals surface area contributed by atoms with Gasteiger partial charge in [-0.3, -0.25) is 9.78 Å². The van der Waals surface area contributed by atoms with Gasteiger partial charge in [0.2, 0.25) is 6.41 Å². The summed E-state index contributed by atoms with van der Waals surface area (Å²) in [6.07, 6.45) is 6.47. The zero-order valence-corrected chi connectivity index (χ0v) is 22.5. The molecule has 0 bridgehead atoms. The second kappa shape index (κ2) is 16.2. The number of hydrogen-bond acceptors (Lipinski definition) is 4. The van der Waals surface area contributed by atoms with Crippen molar-refractivity contribution in [3.8, 4) is 5.75 Å². The van der Waals surface area contributed by atoms with Crippen LogP contribution in [0.1, 0.15) is 33.5 Å². The van der Waals surface area contributed by atoms with Crippen LogP contribution in [0.15, 0.2) is 79.4 Å². The lowest BCUT2D eigenvalue weighted by Crippen LogP contribution is -1.98. The lowest BCUT2D eigenvalue weighted by Gasteiger charge is -2.08. The molecule has 0 unspecified atom stereocenters. The predicted molar refractivity (Wildman–Crippen MR) is 156 cm³/mol. The number of phenolic OH excluding ortho intramolecular Hbond substituents is 1. The number of hydrogen-bond donors (Lipinski definition) is 2. The topological polar surface area (TPSA) is 62.2 Å². The fourth-order valence-electron chi connectivity index (χ4n) is 3.60. The molecule has 1 aromatic heterocycles. The van der Waals surface area contributed by atoms with Crippen molar-refractivity contribution in [3.05, 3.63) is 113 Å². The molecule has 0 radical (unpaired) electrons. The number of nitrogens with one attached hydrogen (secondary N) is 1. The average molecular weight is 519 g/mol. The number of pyridine rings is 1. The van der Waals surface area contributed by atoms with Gasteiger partial charge >= 0.3 is 0 Å². The van der Waals surface area contributed by atoms with Crippen molar-refractivity contribution in [2.45, 2.75) is 32.2 Å². The van der Waals surface area contributed by atoms with Crippen LogP contribution in [0, 0.1) is 6.92 Å². The van der Waals surface area contributed by atoms with Gasteiger partial charge in [-0.05, 0) is 84.2 Å². The van der Waals surface area contributed by atoms with Gasteiger partial charge in [0.15, 0.2) is 0 Å². The van der Waals surface area contributed by atoms with Crippen molar-refractivity contribution in [1.29, 1.82) is 0 Å². The van der Waals surface area contributed by atoms with E-state index in [0.29, 0.717) is 12.2 Å². The van der Waals surface area contributed by atoms with E-state index in [1.807, 2.05) is 49.4 Å². The summed E-state index contributed by atoms with van der Waals surface area (Å²) in [6.45, 7) is 5.50. The summed E-state index contributed by atoms with van der Waals surface area (Å²) < 4.78 is 12.5. The Morgan fingerprint density at radius 1 is 0.946 bits per heavy atom. The third-order valence-electron chi connectivity index (χ3n) is 5.50. The lowest BCUT2D eigenvalue weighted by molar-refractivity contribution is -0.109. The normalized spacial score (nSPS) is 9.95. The molecule has 37 heavy (non-hydrogen) atoms. The molecule has 0 aliphatic heterocycles. The molecular weight excluding hydrogens is 483 g/mol. The van der Waals surface area contributed by atoms with Crippen molar-refractivity contribution in [2.75, 3.05) is 13.3 Å². The van der Waals surface area contributed by atoms with E-state index in [9.17, 15) is 4.39 Å². The monoisotopic (exact) mass is 518 g/mol. The number of phenols is 1. The Labute approximate surface area is 223 Å². The molecule has 0 atom stereocenters. The highest BCUT2D eigenvalue weighted by Gasteiger charge is 2.04. The van der Waals surface area contributed by atoms with Crippen LogP contribution in [-0.2, 0) is 30.1 Å². The van der Waals surface area contributed by atoms with Gasteiger partial charge in [-0.15, -0.1) is 0 Å². The Bertz CT molecular complexity index is 1260. The Kier molecular flexibility index (Phi) is 12.9. The number of carbonyl (C=O) groups excluding carboxylic acids is 1. The number of aryl methyl sites for hydroxylation is 3. The van der Waals surface area contributed by atoms with Crippen LogP contribution in [0.4, 0.5) is 4.39 Å². The summed E-state index contributed by atoms with van der Waals surface area (Å²) in [6, 6.07) is 23.5. The Morgan fingerprint density at radius 2 is 1.51 bits per heavy atom. The van der Waals surface area contributed by atoms with Crippen LogP contribution in [0.2, 0.25) is 0 Å². The van der Waals surface area contributed by atoms with E-state index < -0.39 is 6.67 Å². The van der Waals surface area contributed by atoms with Gasteiger partial charge in [0.1, 0.15) is 12.4 Å². The van der Waals surface area contributed by atoms with Crippen LogP contribution < -0.4 is 5.32 Å². The van der Waals surface area contributed by atoms with Gasteiger partial charge in [-0.2, -0.15) is 11.8 Å². The molecular formula is C31H35FN2O2S. The maximum atomic E-state index is 12.5. The zero-order valence-electron chi connectivity index (χ0n) is 21.7. The summed E-state index contributed by atoms with van der Waals surface area (Å²) in [5.74, 6) is 1.35. The molecule has 2 N–H and O–H groups in total. The van der Waals surface area contributed by atoms with Crippen molar-refractivity contribution in [1.82, 2.24) is 10.3 Å². The third-order valence-corrected chi connectivity index (χ3v) is 6.12. The molecule has 1 heterocycles. The van der Waals surface area contributed by atoms with E-state index in [-0.39, 0.29) is 0 Å². The first-order valence-electron chi connectivity index (χ1n) is 12.0. The SMILES string of the molecule is C=Cc1cc(C)nc2ccc(CCc3ccc(CF)cc3)cc12.CNC=O.CSCc1ccc(O)cc1. The quantitative estimate of drug-likeness (QED) is 0.245. The van der Waals surface area contributed by atoms with Crippen molar-refractivity contribution < 1.29 is 14.3 Å². The molecule has 0 aliphatic carbocycles. The molecule has 3 aromatic carbocycles. The molecule has 0 saturated heterocycles. The number of carbonyl (C=O) groups is 1. The maximum absolute atomic E-state index is 12.5. The largest absolute Gasteiger partial charge is 0.508 e. The number of aromatic nitrogens is 1. The minimum absolute atomic E-state index is 0.338. The minimum Gasteiger partial charge on any atom is -0.508 e. The molecule has 4 rings (SSSR count). The number of amides is 1. The lowest BCUT2D eigenvalue weighted by atomic mass is 10.00. The summed E-state index contributed by atoms with van der Waals surface area (Å²) in [4.78, 5) is 13.6. The van der Waals surface area contributed by atoms with Crippen molar-refractivity contribution in [3.63, 3.8) is 0 Å². The third kappa shape index (κ3) is 10.1. The summed E-state index contributed by atoms with van der Waals surface area (Å²) >= 11 is 1.78. The number of rotatable bonds is 8. The molecule has 194 valence electrons. The van der Waals surface area contributed by atoms with E-state index in [4.69, 9.17) is 9.90 Å². The number of halogens is 1. The second-order valence-corrected chi connectivity index (χ2v) is 9.23. The molecule has 4 nitrogen and oxygen atoms in total. The number of nitrogens with zero attached hydrogens (tertiary/aromatic N) is 1. The molecule has 0 fully saturated rings. The smallest absolute Gasteiger partial charge is 0.206 e. The Balaban J connectivity index is 0.000000285. The van der Waals surface area contributed by atoms with Crippen LogP contribution in [0.5, 0.6) is 5.75 Å². The van der Waals surface area contributed by atoms with E-state index in [1.54, 1.807) is 30.9 Å². The van der Waals surface area contributed by atoms with Gasteiger partial charge in [-0.25, -0.2) is 4.39 Å². The number of benzene rings is 3. The van der Waals surface area contributed by atoms with Crippen molar-refractivity contribution >= 4 is 35.2 Å². The van der Waals surface area contributed by atoms with Crippen LogP contribution >= 0.6 is 11.8 Å². The van der Waals surface area contributed by atoms with E-state index in [2.05, 4.69) is 47.4 Å². The summed E-state index contributed by atoms with van der Waals surface area (Å²) in [5.41, 5.74) is 7.64. The Hall–Kier alpha value is -3.64. The molecule has 6 heteroatoms. The van der Waals surface area contributed by atoms with Gasteiger partial charge in [0, 0.05) is 23.9 Å². The first kappa shape index (κ1) is 29.6. The van der Waals surface area contributed by atoms with Gasteiger partial charge < -0.3 is 10.4 Å². The maximum Gasteiger partial charge on any atom is 0.206 e. The number of fused-ring (bicyclic) bond motifs is 1. The molecule has 0 aliphatic rings. The second-order valence-electron chi connectivity index (χ2n) is 8.36. The van der Waals surface area contributed by atoms with Crippen LogP contribution in [0.25, 0.3) is 17.0 Å². The predicted octanol–water partition coefficient (Wildman–Crippen LogP) is 7.06. The van der Waals surface area contributed by atoms with Gasteiger partial charge in [0.05, 0.1) is 5.52 Å². The van der Waals surface area contributed by atoms with E-state index in [1.165, 1.54) is 16.7 Å². The van der Waals surface area contributed by atoms with E-state index in [0.717, 1.165) is 46.3 Å². The number of aromatic hydroxyl groups is 1. The number of alkyl halides is 1. The van der Waals surface area contributed by atoms with Gasteiger partial charge in [0.25, 0.3) is 0 Å². The molecule has 1 amide bonds. The van der Waals surface area contributed by atoms with Crippen LogP contribution in [-0.4, -0.2) is 29.8 Å². The first-order valence-corrected chi connectivity index (χ1v) is 13.4. The fourth-order valence-corrected chi connectivity index (χ4v) is 4.13. The highest BCUT2D eigenvalue weighted by atomic mass is 32.2. The number of thioether (sulfide) groups is 1. The molecule has 4 aromatic rings. The van der Waals surface area contributed by atoms with E-state index >= 15 is 0 Å². The summed E-state index contributed by atoms with van der Waals surface area (Å²) in [5, 5.41) is 12.3. The zero-order chi connectivity index (χ0) is 27.0. The average Bonchev–Trinajstić information content (AvgIpc) is 2.93. The van der Waals surface area contributed by atoms with Gasteiger partial charge in [-0.1, -0.05) is 55.1 Å². The Morgan fingerprint density at radius 3 is 2.08 bits per heavy atom. The highest BCUT2D eigenvalue weighted by molar-refractivity contribution is 7.97. The first-order chi connectivity index (χ1) is 17.9. The van der Waals surface area contributed by atoms with Crippen molar-refractivity contribution in [2.24, 2.45) is 0 Å².